The molecule has 0 N–H and O–H groups in total. The molecule has 1 heterocycles. The molecule has 0 atom stereocenters. The van der Waals surface area contributed by atoms with Crippen molar-refractivity contribution in [1.29, 1.82) is 0 Å². The van der Waals surface area contributed by atoms with E-state index in [4.69, 9.17) is 4.74 Å². The highest BCUT2D eigenvalue weighted by Gasteiger charge is 2.16. The molecule has 3 heteroatoms. The van der Waals surface area contributed by atoms with Gasteiger partial charge in [-0.2, -0.15) is 5.10 Å². The maximum absolute atomic E-state index is 5.30. The Morgan fingerprint density at radius 3 is 2.83 bits per heavy atom. The van der Waals surface area contributed by atoms with Gasteiger partial charge in [0.2, 0.25) is 0 Å². The normalized spacial score (nSPS) is 14.3. The summed E-state index contributed by atoms with van der Waals surface area (Å²) in [6.45, 7) is 2.07. The number of aryl methyl sites for hydroxylation is 2. The van der Waals surface area contributed by atoms with Crippen LogP contribution in [0.4, 0.5) is 0 Å². The largest absolute Gasteiger partial charge is 0.496 e. The first-order chi connectivity index (χ1) is 8.79. The van der Waals surface area contributed by atoms with Gasteiger partial charge < -0.3 is 4.74 Å². The molecule has 3 nitrogen and oxygen atoms in total. The van der Waals surface area contributed by atoms with Crippen LogP contribution in [0.1, 0.15) is 29.7 Å². The summed E-state index contributed by atoms with van der Waals surface area (Å²) in [5.74, 6) is 0.930. The molecule has 0 spiro atoms. The lowest BCUT2D eigenvalue weighted by atomic mass is 9.98. The molecule has 0 radical (unpaired) electrons. The summed E-state index contributed by atoms with van der Waals surface area (Å²) >= 11 is 0. The van der Waals surface area contributed by atoms with Gasteiger partial charge in [0.05, 0.1) is 19.0 Å². The summed E-state index contributed by atoms with van der Waals surface area (Å²) in [7, 11) is 1.71. The van der Waals surface area contributed by atoms with Crippen molar-refractivity contribution < 1.29 is 4.74 Å². The van der Waals surface area contributed by atoms with E-state index in [0.29, 0.717) is 0 Å². The quantitative estimate of drug-likeness (QED) is 0.809. The summed E-state index contributed by atoms with van der Waals surface area (Å²) in [5, 5.41) is 4.54. The van der Waals surface area contributed by atoms with Crippen molar-refractivity contribution in [3.8, 4) is 11.4 Å². The molecule has 1 aliphatic rings. The molecule has 1 aliphatic carbocycles. The van der Waals surface area contributed by atoms with E-state index in [1.165, 1.54) is 30.5 Å². The van der Waals surface area contributed by atoms with Crippen molar-refractivity contribution in [2.75, 3.05) is 7.11 Å². The van der Waals surface area contributed by atoms with Gasteiger partial charge >= 0.3 is 0 Å². The van der Waals surface area contributed by atoms with Gasteiger partial charge in [-0.15, -0.1) is 0 Å². The Balaban J connectivity index is 2.04. The van der Waals surface area contributed by atoms with Gasteiger partial charge in [0, 0.05) is 5.69 Å². The Morgan fingerprint density at radius 2 is 2.06 bits per heavy atom. The highest BCUT2D eigenvalue weighted by Crippen LogP contribution is 2.26. The molecular weight excluding hydrogens is 224 g/mol. The molecular formula is C15H18N2O. The molecule has 0 saturated heterocycles. The summed E-state index contributed by atoms with van der Waals surface area (Å²) in [6.07, 6.45) is 6.90. The molecule has 1 aromatic carbocycles. The number of fused-ring (bicyclic) bond motifs is 1. The minimum Gasteiger partial charge on any atom is -0.496 e. The van der Waals surface area contributed by atoms with E-state index in [-0.39, 0.29) is 0 Å². The van der Waals surface area contributed by atoms with Crippen LogP contribution in [-0.2, 0) is 12.8 Å². The molecule has 0 aliphatic heterocycles. The van der Waals surface area contributed by atoms with Crippen LogP contribution in [0.2, 0.25) is 0 Å². The third-order valence-electron chi connectivity index (χ3n) is 3.69. The lowest BCUT2D eigenvalue weighted by Gasteiger charge is -2.14. The minimum absolute atomic E-state index is 0.930. The van der Waals surface area contributed by atoms with Crippen molar-refractivity contribution in [2.24, 2.45) is 0 Å². The van der Waals surface area contributed by atoms with E-state index >= 15 is 0 Å². The van der Waals surface area contributed by atoms with Gasteiger partial charge in [-0.25, -0.2) is 4.68 Å². The summed E-state index contributed by atoms with van der Waals surface area (Å²) in [5.41, 5.74) is 5.08. The molecule has 0 amide bonds. The second kappa shape index (κ2) is 4.48. The molecule has 1 aromatic heterocycles. The highest BCUT2D eigenvalue weighted by molar-refractivity contribution is 5.44. The van der Waals surface area contributed by atoms with Gasteiger partial charge in [0.15, 0.2) is 0 Å². The van der Waals surface area contributed by atoms with Crippen LogP contribution in [0.25, 0.3) is 5.69 Å². The van der Waals surface area contributed by atoms with Crippen molar-refractivity contribution in [3.05, 3.63) is 41.2 Å². The molecule has 2 aromatic rings. The maximum Gasteiger partial charge on any atom is 0.121 e. The van der Waals surface area contributed by atoms with E-state index in [2.05, 4.69) is 28.8 Å². The van der Waals surface area contributed by atoms with Gasteiger partial charge in [-0.3, -0.25) is 0 Å². The number of hydrogen-bond donors (Lipinski definition) is 0. The maximum atomic E-state index is 5.30. The topological polar surface area (TPSA) is 27.1 Å². The smallest absolute Gasteiger partial charge is 0.121 e. The van der Waals surface area contributed by atoms with E-state index in [1.807, 2.05) is 12.3 Å². The van der Waals surface area contributed by atoms with Gasteiger partial charge in [0.1, 0.15) is 5.75 Å². The highest BCUT2D eigenvalue weighted by atomic mass is 16.5. The Labute approximate surface area is 107 Å². The predicted molar refractivity (Wildman–Crippen MR) is 71.5 cm³/mol. The standard InChI is InChI=1S/C15H18N2O/c1-11-9-13(7-8-15(11)18-2)17-14-6-4-3-5-12(14)10-16-17/h7-10H,3-6H2,1-2H3. The average molecular weight is 242 g/mol. The van der Waals surface area contributed by atoms with Crippen LogP contribution in [0.3, 0.4) is 0 Å². The van der Waals surface area contributed by atoms with E-state index in [0.717, 1.165) is 23.4 Å². The molecule has 3 rings (SSSR count). The lowest BCUT2D eigenvalue weighted by Crippen LogP contribution is -2.08. The Kier molecular flexibility index (Phi) is 2.82. The monoisotopic (exact) mass is 242 g/mol. The number of benzene rings is 1. The fourth-order valence-corrected chi connectivity index (χ4v) is 2.71. The average Bonchev–Trinajstić information content (AvgIpc) is 2.82. The third kappa shape index (κ3) is 1.80. The third-order valence-corrected chi connectivity index (χ3v) is 3.69. The van der Waals surface area contributed by atoms with Crippen LogP contribution in [0, 0.1) is 6.92 Å². The van der Waals surface area contributed by atoms with E-state index in [9.17, 15) is 0 Å². The lowest BCUT2D eigenvalue weighted by molar-refractivity contribution is 0.411. The summed E-state index contributed by atoms with van der Waals surface area (Å²) < 4.78 is 7.38. The second-order valence-corrected chi connectivity index (χ2v) is 4.89. The van der Waals surface area contributed by atoms with Gasteiger partial charge in [-0.05, 0) is 61.9 Å². The molecule has 0 saturated carbocycles. The number of methoxy groups -OCH3 is 1. The zero-order valence-electron chi connectivity index (χ0n) is 10.9. The van der Waals surface area contributed by atoms with Crippen LogP contribution in [-0.4, -0.2) is 16.9 Å². The zero-order valence-corrected chi connectivity index (χ0v) is 10.9. The number of rotatable bonds is 2. The van der Waals surface area contributed by atoms with Crippen molar-refractivity contribution in [3.63, 3.8) is 0 Å². The van der Waals surface area contributed by atoms with Crippen LogP contribution in [0.15, 0.2) is 24.4 Å². The van der Waals surface area contributed by atoms with Crippen molar-refractivity contribution >= 4 is 0 Å². The molecule has 18 heavy (non-hydrogen) atoms. The Hall–Kier alpha value is -1.77. The first-order valence-corrected chi connectivity index (χ1v) is 6.50. The Morgan fingerprint density at radius 1 is 1.22 bits per heavy atom. The van der Waals surface area contributed by atoms with Gasteiger partial charge in [0.25, 0.3) is 0 Å². The molecule has 94 valence electrons. The first kappa shape index (κ1) is 11.3. The Bertz CT molecular complexity index is 572. The molecule has 0 bridgehead atoms. The van der Waals surface area contributed by atoms with Crippen LogP contribution >= 0.6 is 0 Å². The zero-order chi connectivity index (χ0) is 12.5. The van der Waals surface area contributed by atoms with Crippen molar-refractivity contribution in [2.45, 2.75) is 32.6 Å². The summed E-state index contributed by atoms with van der Waals surface area (Å²) in [4.78, 5) is 0. The second-order valence-electron chi connectivity index (χ2n) is 4.89. The van der Waals surface area contributed by atoms with E-state index in [1.54, 1.807) is 7.11 Å². The van der Waals surface area contributed by atoms with E-state index < -0.39 is 0 Å². The molecule has 0 fully saturated rings. The first-order valence-electron chi connectivity index (χ1n) is 6.50. The fraction of sp³-hybridized carbons (Fsp3) is 0.400. The number of ether oxygens (including phenoxy) is 1. The van der Waals surface area contributed by atoms with Gasteiger partial charge in [-0.1, -0.05) is 0 Å². The minimum atomic E-state index is 0.930. The number of nitrogens with zero attached hydrogens (tertiary/aromatic N) is 2. The number of hydrogen-bond acceptors (Lipinski definition) is 2. The molecule has 0 unspecified atom stereocenters. The van der Waals surface area contributed by atoms with Crippen LogP contribution in [0.5, 0.6) is 5.75 Å². The number of aromatic nitrogens is 2. The fourth-order valence-electron chi connectivity index (χ4n) is 2.71. The van der Waals surface area contributed by atoms with Crippen LogP contribution < -0.4 is 4.74 Å². The summed E-state index contributed by atoms with van der Waals surface area (Å²) in [6, 6.07) is 6.23. The SMILES string of the molecule is COc1ccc(-n2ncc3c2CCCC3)cc1C. The van der Waals surface area contributed by atoms with Crippen molar-refractivity contribution in [1.82, 2.24) is 9.78 Å². The predicted octanol–water partition coefficient (Wildman–Crippen LogP) is 3.07.